The van der Waals surface area contributed by atoms with Gasteiger partial charge in [0.05, 0.1) is 12.8 Å². The Morgan fingerprint density at radius 2 is 2.28 bits per heavy atom. The Bertz CT molecular complexity index is 438. The lowest BCUT2D eigenvalue weighted by Crippen LogP contribution is -2.46. The molecule has 18 heavy (non-hydrogen) atoms. The Hall–Kier alpha value is -0.930. The molecule has 2 aliphatic heterocycles. The largest absolute Gasteiger partial charge is 0.495 e. The van der Waals surface area contributed by atoms with Crippen LogP contribution in [0.2, 0.25) is 5.02 Å². The highest BCUT2D eigenvalue weighted by Crippen LogP contribution is 2.35. The standard InChI is InChI=1S/C14H19ClN2O/c1-18-14-3-2-11(15)8-13(14)17-7-5-10-4-6-16-12(10)9-17/h2-3,8,10,12,16H,4-7,9H2,1H3. The maximum atomic E-state index is 6.11. The molecule has 1 aromatic rings. The fraction of sp³-hybridized carbons (Fsp3) is 0.571. The first-order valence-electron chi connectivity index (χ1n) is 6.60. The number of hydrogen-bond donors (Lipinski definition) is 1. The molecule has 1 aromatic carbocycles. The van der Waals surface area contributed by atoms with Crippen LogP contribution in [0.4, 0.5) is 5.69 Å². The number of hydrogen-bond acceptors (Lipinski definition) is 3. The van der Waals surface area contributed by atoms with E-state index in [2.05, 4.69) is 10.2 Å². The second-order valence-electron chi connectivity index (χ2n) is 5.16. The van der Waals surface area contributed by atoms with E-state index in [1.165, 1.54) is 12.8 Å². The molecule has 0 aromatic heterocycles. The summed E-state index contributed by atoms with van der Waals surface area (Å²) in [5, 5.41) is 4.37. The van der Waals surface area contributed by atoms with Gasteiger partial charge < -0.3 is 15.0 Å². The van der Waals surface area contributed by atoms with Crippen molar-refractivity contribution in [3.05, 3.63) is 23.2 Å². The van der Waals surface area contributed by atoms with Gasteiger partial charge in [0.1, 0.15) is 5.75 Å². The topological polar surface area (TPSA) is 24.5 Å². The minimum absolute atomic E-state index is 0.627. The van der Waals surface area contributed by atoms with E-state index in [9.17, 15) is 0 Å². The van der Waals surface area contributed by atoms with E-state index in [0.717, 1.165) is 42.0 Å². The van der Waals surface area contributed by atoms with Crippen LogP contribution in [0, 0.1) is 5.92 Å². The van der Waals surface area contributed by atoms with Crippen LogP contribution in [0.25, 0.3) is 0 Å². The van der Waals surface area contributed by atoms with Gasteiger partial charge in [-0.15, -0.1) is 0 Å². The number of ether oxygens (including phenoxy) is 1. The van der Waals surface area contributed by atoms with Crippen molar-refractivity contribution in [2.24, 2.45) is 5.92 Å². The number of anilines is 1. The first-order chi connectivity index (χ1) is 8.78. The molecule has 0 radical (unpaired) electrons. The molecule has 3 nitrogen and oxygen atoms in total. The molecule has 2 aliphatic rings. The summed E-state index contributed by atoms with van der Waals surface area (Å²) < 4.78 is 5.44. The summed E-state index contributed by atoms with van der Waals surface area (Å²) >= 11 is 6.11. The third-order valence-electron chi connectivity index (χ3n) is 4.16. The summed E-state index contributed by atoms with van der Waals surface area (Å²) in [4.78, 5) is 2.39. The number of nitrogens with one attached hydrogen (secondary N) is 1. The monoisotopic (exact) mass is 266 g/mol. The molecule has 3 rings (SSSR count). The Morgan fingerprint density at radius 3 is 3.11 bits per heavy atom. The van der Waals surface area contributed by atoms with E-state index >= 15 is 0 Å². The minimum Gasteiger partial charge on any atom is -0.495 e. The Morgan fingerprint density at radius 1 is 1.39 bits per heavy atom. The zero-order chi connectivity index (χ0) is 12.5. The number of piperidine rings is 1. The molecular weight excluding hydrogens is 248 g/mol. The van der Waals surface area contributed by atoms with Gasteiger partial charge in [-0.1, -0.05) is 11.6 Å². The maximum Gasteiger partial charge on any atom is 0.142 e. The van der Waals surface area contributed by atoms with Crippen molar-refractivity contribution in [2.75, 3.05) is 31.6 Å². The van der Waals surface area contributed by atoms with Gasteiger partial charge in [0.2, 0.25) is 0 Å². The molecule has 2 atom stereocenters. The zero-order valence-corrected chi connectivity index (χ0v) is 11.4. The van der Waals surface area contributed by atoms with Crippen LogP contribution < -0.4 is 15.0 Å². The zero-order valence-electron chi connectivity index (χ0n) is 10.7. The molecule has 1 N–H and O–H groups in total. The van der Waals surface area contributed by atoms with Crippen molar-refractivity contribution < 1.29 is 4.74 Å². The number of halogens is 1. The fourth-order valence-corrected chi connectivity index (χ4v) is 3.33. The van der Waals surface area contributed by atoms with Gasteiger partial charge in [-0.3, -0.25) is 0 Å². The number of nitrogens with zero attached hydrogens (tertiary/aromatic N) is 1. The van der Waals surface area contributed by atoms with Crippen LogP contribution in [0.1, 0.15) is 12.8 Å². The van der Waals surface area contributed by atoms with Crippen LogP contribution in [-0.2, 0) is 0 Å². The average molecular weight is 267 g/mol. The Balaban J connectivity index is 1.84. The van der Waals surface area contributed by atoms with E-state index in [4.69, 9.17) is 16.3 Å². The van der Waals surface area contributed by atoms with Gasteiger partial charge >= 0.3 is 0 Å². The van der Waals surface area contributed by atoms with E-state index in [1.807, 2.05) is 18.2 Å². The average Bonchev–Trinajstić information content (AvgIpc) is 2.85. The molecule has 98 valence electrons. The molecule has 0 bridgehead atoms. The van der Waals surface area contributed by atoms with E-state index in [0.29, 0.717) is 6.04 Å². The molecule has 0 saturated carbocycles. The summed E-state index contributed by atoms with van der Waals surface area (Å²) in [5.74, 6) is 1.77. The minimum atomic E-state index is 0.627. The van der Waals surface area contributed by atoms with E-state index in [1.54, 1.807) is 7.11 Å². The van der Waals surface area contributed by atoms with E-state index in [-0.39, 0.29) is 0 Å². The van der Waals surface area contributed by atoms with Crippen LogP contribution in [0.5, 0.6) is 5.75 Å². The highest BCUT2D eigenvalue weighted by molar-refractivity contribution is 6.30. The Labute approximate surface area is 113 Å². The SMILES string of the molecule is COc1ccc(Cl)cc1N1CCC2CCNC2C1. The van der Waals surface area contributed by atoms with Crippen LogP contribution in [0.15, 0.2) is 18.2 Å². The smallest absolute Gasteiger partial charge is 0.142 e. The summed E-state index contributed by atoms with van der Waals surface area (Å²) in [6.45, 7) is 3.32. The highest BCUT2D eigenvalue weighted by Gasteiger charge is 2.33. The van der Waals surface area contributed by atoms with Crippen molar-refractivity contribution in [1.29, 1.82) is 0 Å². The lowest BCUT2D eigenvalue weighted by Gasteiger charge is -2.37. The van der Waals surface area contributed by atoms with Crippen molar-refractivity contribution in [1.82, 2.24) is 5.32 Å². The van der Waals surface area contributed by atoms with Crippen molar-refractivity contribution in [3.8, 4) is 5.75 Å². The van der Waals surface area contributed by atoms with Gasteiger partial charge in [-0.25, -0.2) is 0 Å². The van der Waals surface area contributed by atoms with Crippen molar-refractivity contribution in [2.45, 2.75) is 18.9 Å². The lowest BCUT2D eigenvalue weighted by atomic mass is 9.92. The molecular formula is C14H19ClN2O. The Kier molecular flexibility index (Phi) is 3.35. The van der Waals surface area contributed by atoms with Gasteiger partial charge in [0, 0.05) is 24.2 Å². The second kappa shape index (κ2) is 4.98. The van der Waals surface area contributed by atoms with Gasteiger partial charge in [0.25, 0.3) is 0 Å². The first kappa shape index (κ1) is 12.1. The summed E-state index contributed by atoms with van der Waals surface area (Å²) in [7, 11) is 1.72. The molecule has 0 aliphatic carbocycles. The summed E-state index contributed by atoms with van der Waals surface area (Å²) in [6.07, 6.45) is 2.58. The number of fused-ring (bicyclic) bond motifs is 1. The lowest BCUT2D eigenvalue weighted by molar-refractivity contribution is 0.367. The van der Waals surface area contributed by atoms with Crippen molar-refractivity contribution >= 4 is 17.3 Å². The normalized spacial score (nSPS) is 27.1. The van der Waals surface area contributed by atoms with Crippen molar-refractivity contribution in [3.63, 3.8) is 0 Å². The molecule has 0 amide bonds. The molecule has 2 unspecified atom stereocenters. The van der Waals surface area contributed by atoms with Crippen LogP contribution in [0.3, 0.4) is 0 Å². The summed E-state index contributed by atoms with van der Waals surface area (Å²) in [6, 6.07) is 6.47. The number of rotatable bonds is 2. The van der Waals surface area contributed by atoms with Crippen LogP contribution in [-0.4, -0.2) is 32.8 Å². The number of benzene rings is 1. The molecule has 2 fully saturated rings. The molecule has 0 spiro atoms. The van der Waals surface area contributed by atoms with Gasteiger partial charge in [-0.05, 0) is 43.5 Å². The summed E-state index contributed by atoms with van der Waals surface area (Å²) in [5.41, 5.74) is 1.12. The molecule has 2 heterocycles. The van der Waals surface area contributed by atoms with Crippen LogP contribution >= 0.6 is 11.6 Å². The third kappa shape index (κ3) is 2.17. The van der Waals surface area contributed by atoms with Gasteiger partial charge in [-0.2, -0.15) is 0 Å². The first-order valence-corrected chi connectivity index (χ1v) is 6.97. The number of methoxy groups -OCH3 is 1. The third-order valence-corrected chi connectivity index (χ3v) is 4.39. The second-order valence-corrected chi connectivity index (χ2v) is 5.60. The predicted molar refractivity (Wildman–Crippen MR) is 74.7 cm³/mol. The van der Waals surface area contributed by atoms with E-state index < -0.39 is 0 Å². The fourth-order valence-electron chi connectivity index (χ4n) is 3.16. The highest BCUT2D eigenvalue weighted by atomic mass is 35.5. The maximum absolute atomic E-state index is 6.11. The van der Waals surface area contributed by atoms with Gasteiger partial charge in [0.15, 0.2) is 0 Å². The quantitative estimate of drug-likeness (QED) is 0.890. The molecule has 4 heteroatoms. The predicted octanol–water partition coefficient (Wildman–Crippen LogP) is 2.54. The molecule has 2 saturated heterocycles.